The van der Waals surface area contributed by atoms with E-state index in [1.165, 1.54) is 13.0 Å². The van der Waals surface area contributed by atoms with Gasteiger partial charge in [0.2, 0.25) is 12.3 Å². The zero-order valence-corrected chi connectivity index (χ0v) is 16.2. The minimum atomic E-state index is -4.44. The Balaban J connectivity index is 1.95. The second kappa shape index (κ2) is 7.66. The number of alkyl halides is 3. The van der Waals surface area contributed by atoms with Gasteiger partial charge >= 0.3 is 6.18 Å². The Hall–Kier alpha value is -3.22. The number of ketones is 2. The average molecular weight is 401 g/mol. The van der Waals surface area contributed by atoms with Crippen LogP contribution in [0.1, 0.15) is 44.6 Å². The summed E-state index contributed by atoms with van der Waals surface area (Å²) in [5.74, 6) is -0.295. The first kappa shape index (κ1) is 20.5. The van der Waals surface area contributed by atoms with Crippen LogP contribution in [-0.4, -0.2) is 16.1 Å². The molecule has 0 aliphatic rings. The average Bonchev–Trinajstić information content (AvgIpc) is 2.95. The fourth-order valence-electron chi connectivity index (χ4n) is 3.34. The van der Waals surface area contributed by atoms with Crippen LogP contribution in [0.4, 0.5) is 13.2 Å². The lowest BCUT2D eigenvalue weighted by atomic mass is 10.1. The highest BCUT2D eigenvalue weighted by Crippen LogP contribution is 2.31. The Labute approximate surface area is 166 Å². The van der Waals surface area contributed by atoms with Crippen molar-refractivity contribution in [1.29, 1.82) is 0 Å². The fourth-order valence-corrected chi connectivity index (χ4v) is 3.34. The number of benzene rings is 1. The summed E-state index contributed by atoms with van der Waals surface area (Å²) >= 11 is 0. The zero-order chi connectivity index (χ0) is 21.3. The molecule has 0 N–H and O–H groups in total. The molecule has 0 atom stereocenters. The number of hydrogen-bond donors (Lipinski definition) is 0. The third-order valence-electron chi connectivity index (χ3n) is 4.75. The lowest BCUT2D eigenvalue weighted by Gasteiger charge is -2.13. The van der Waals surface area contributed by atoms with Gasteiger partial charge in [0.15, 0.2) is 18.2 Å². The van der Waals surface area contributed by atoms with Crippen molar-refractivity contribution < 1.29 is 27.3 Å². The normalized spacial score (nSPS) is 11.5. The molecule has 150 valence electrons. The number of carbonyl (C=O) groups excluding carboxylic acids is 2. The van der Waals surface area contributed by atoms with Crippen LogP contribution in [0.25, 0.3) is 5.69 Å². The van der Waals surface area contributed by atoms with Gasteiger partial charge in [-0.05, 0) is 51.1 Å². The van der Waals surface area contributed by atoms with E-state index in [-0.39, 0.29) is 18.1 Å². The standard InChI is InChI=1S/C22H20F3N2O2/c1-14-10-20(21(29)13-26-9-5-6-17(12-26)16(3)28)15(2)27(14)19-8-4-7-18(11-19)22(23,24)25/h4-12H,13H2,1-3H3/q+1. The van der Waals surface area contributed by atoms with E-state index in [2.05, 4.69) is 0 Å². The summed E-state index contributed by atoms with van der Waals surface area (Å²) in [6, 6.07) is 10.0. The SMILES string of the molecule is CC(=O)c1ccc[n+](CC(=O)c2cc(C)n(-c3cccc(C(F)(F)F)c3)c2C)c1. The van der Waals surface area contributed by atoms with Gasteiger partial charge in [0.05, 0.1) is 11.1 Å². The molecule has 0 saturated carbocycles. The van der Waals surface area contributed by atoms with Crippen molar-refractivity contribution in [2.75, 3.05) is 0 Å². The summed E-state index contributed by atoms with van der Waals surface area (Å²) in [7, 11) is 0. The van der Waals surface area contributed by atoms with Crippen LogP contribution in [0.5, 0.6) is 0 Å². The Bertz CT molecular complexity index is 1100. The van der Waals surface area contributed by atoms with Crippen molar-refractivity contribution in [3.63, 3.8) is 0 Å². The van der Waals surface area contributed by atoms with Gasteiger partial charge in [-0.25, -0.2) is 0 Å². The first-order chi connectivity index (χ1) is 13.6. The summed E-state index contributed by atoms with van der Waals surface area (Å²) < 4.78 is 42.4. The highest BCUT2D eigenvalue weighted by atomic mass is 19.4. The predicted octanol–water partition coefficient (Wildman–Crippen LogP) is 4.49. The molecule has 0 aliphatic heterocycles. The van der Waals surface area contributed by atoms with Gasteiger partial charge in [-0.3, -0.25) is 9.59 Å². The van der Waals surface area contributed by atoms with E-state index in [0.717, 1.165) is 12.1 Å². The number of aromatic nitrogens is 2. The monoisotopic (exact) mass is 401 g/mol. The number of rotatable bonds is 5. The number of hydrogen-bond acceptors (Lipinski definition) is 2. The summed E-state index contributed by atoms with van der Waals surface area (Å²) in [5.41, 5.74) is 1.75. The lowest BCUT2D eigenvalue weighted by Crippen LogP contribution is -2.38. The van der Waals surface area contributed by atoms with E-state index in [9.17, 15) is 22.8 Å². The van der Waals surface area contributed by atoms with Crippen molar-refractivity contribution in [2.24, 2.45) is 0 Å². The smallest absolute Gasteiger partial charge is 0.318 e. The van der Waals surface area contributed by atoms with Gasteiger partial charge in [0.25, 0.3) is 0 Å². The van der Waals surface area contributed by atoms with Gasteiger partial charge in [-0.2, -0.15) is 17.7 Å². The molecule has 0 saturated heterocycles. The second-order valence-electron chi connectivity index (χ2n) is 6.91. The molecule has 0 amide bonds. The molecule has 4 nitrogen and oxygen atoms in total. The van der Waals surface area contributed by atoms with Crippen molar-refractivity contribution in [3.05, 3.63) is 82.9 Å². The van der Waals surface area contributed by atoms with E-state index >= 15 is 0 Å². The molecule has 2 aromatic heterocycles. The number of halogens is 3. The predicted molar refractivity (Wildman–Crippen MR) is 101 cm³/mol. The summed E-state index contributed by atoms with van der Waals surface area (Å²) in [5, 5.41) is 0. The quantitative estimate of drug-likeness (QED) is 0.467. The van der Waals surface area contributed by atoms with Gasteiger partial charge in [-0.15, -0.1) is 0 Å². The lowest BCUT2D eigenvalue weighted by molar-refractivity contribution is -0.683. The minimum absolute atomic E-state index is 0.0218. The molecule has 0 radical (unpaired) electrons. The minimum Gasteiger partial charge on any atom is -0.318 e. The molecule has 1 aromatic carbocycles. The van der Waals surface area contributed by atoms with Crippen molar-refractivity contribution in [3.8, 4) is 5.69 Å². The largest absolute Gasteiger partial charge is 0.416 e. The van der Waals surface area contributed by atoms with Crippen molar-refractivity contribution in [2.45, 2.75) is 33.5 Å². The molecule has 2 heterocycles. The van der Waals surface area contributed by atoms with E-state index in [0.29, 0.717) is 28.2 Å². The van der Waals surface area contributed by atoms with Crippen LogP contribution in [0.2, 0.25) is 0 Å². The molecule has 3 rings (SSSR count). The first-order valence-corrected chi connectivity index (χ1v) is 8.97. The topological polar surface area (TPSA) is 42.9 Å². The molecule has 0 bridgehead atoms. The van der Waals surface area contributed by atoms with Gasteiger partial charge in [0, 0.05) is 28.7 Å². The maximum Gasteiger partial charge on any atom is 0.416 e. The molecule has 0 spiro atoms. The summed E-state index contributed by atoms with van der Waals surface area (Å²) in [6.45, 7) is 4.92. The van der Waals surface area contributed by atoms with E-state index in [1.807, 2.05) is 0 Å². The van der Waals surface area contributed by atoms with Crippen LogP contribution in [-0.2, 0) is 12.7 Å². The molecule has 0 aliphatic carbocycles. The van der Waals surface area contributed by atoms with Gasteiger partial charge in [-0.1, -0.05) is 6.07 Å². The molecular weight excluding hydrogens is 381 g/mol. The maximum absolute atomic E-state index is 13.1. The Kier molecular flexibility index (Phi) is 5.42. The molecular formula is C22H20F3N2O2+. The highest BCUT2D eigenvalue weighted by Gasteiger charge is 2.31. The van der Waals surface area contributed by atoms with Gasteiger partial charge < -0.3 is 4.57 Å². The first-order valence-electron chi connectivity index (χ1n) is 8.97. The number of nitrogens with zero attached hydrogens (tertiary/aromatic N) is 2. The summed E-state index contributed by atoms with van der Waals surface area (Å²) in [4.78, 5) is 24.4. The Morgan fingerprint density at radius 1 is 1.07 bits per heavy atom. The van der Waals surface area contributed by atoms with E-state index < -0.39 is 11.7 Å². The third kappa shape index (κ3) is 4.29. The van der Waals surface area contributed by atoms with E-state index in [1.54, 1.807) is 59.6 Å². The van der Waals surface area contributed by atoms with Crippen LogP contribution >= 0.6 is 0 Å². The number of aryl methyl sites for hydroxylation is 1. The number of carbonyl (C=O) groups is 2. The molecule has 29 heavy (non-hydrogen) atoms. The molecule has 3 aromatic rings. The van der Waals surface area contributed by atoms with Crippen molar-refractivity contribution >= 4 is 11.6 Å². The summed E-state index contributed by atoms with van der Waals surface area (Å²) in [6.07, 6.45) is -1.15. The van der Waals surface area contributed by atoms with E-state index in [4.69, 9.17) is 0 Å². The maximum atomic E-state index is 13.1. The molecule has 0 fully saturated rings. The molecule has 0 unspecified atom stereocenters. The highest BCUT2D eigenvalue weighted by molar-refractivity contribution is 5.97. The number of Topliss-reactive ketones (excluding diaryl/α,β-unsaturated/α-hetero) is 2. The van der Waals surface area contributed by atoms with Gasteiger partial charge in [0.1, 0.15) is 0 Å². The van der Waals surface area contributed by atoms with Crippen molar-refractivity contribution in [1.82, 2.24) is 4.57 Å². The number of pyridine rings is 1. The Morgan fingerprint density at radius 3 is 2.45 bits per heavy atom. The fraction of sp³-hybridized carbons (Fsp3) is 0.227. The van der Waals surface area contributed by atoms with Crippen LogP contribution < -0.4 is 4.57 Å². The zero-order valence-electron chi connectivity index (χ0n) is 16.2. The second-order valence-corrected chi connectivity index (χ2v) is 6.91. The van der Waals surface area contributed by atoms with Crippen LogP contribution in [0, 0.1) is 13.8 Å². The van der Waals surface area contributed by atoms with Crippen LogP contribution in [0.3, 0.4) is 0 Å². The van der Waals surface area contributed by atoms with Crippen LogP contribution in [0.15, 0.2) is 54.9 Å². The Morgan fingerprint density at radius 2 is 1.79 bits per heavy atom. The molecule has 7 heteroatoms. The third-order valence-corrected chi connectivity index (χ3v) is 4.75.